The Morgan fingerprint density at radius 1 is 0.714 bits per heavy atom. The van der Waals surface area contributed by atoms with E-state index in [0.717, 1.165) is 38.8 Å². The molecule has 0 aliphatic heterocycles. The van der Waals surface area contributed by atoms with Crippen LogP contribution in [0.3, 0.4) is 0 Å². The van der Waals surface area contributed by atoms with Crippen LogP contribution in [0.4, 0.5) is 0 Å². The molecule has 0 saturated carbocycles. The Kier molecular flexibility index (Phi) is 6.34. The summed E-state index contributed by atoms with van der Waals surface area (Å²) in [7, 11) is 1.59. The number of hydrogen-bond donors (Lipinski definition) is 0. The fourth-order valence-electron chi connectivity index (χ4n) is 4.15. The van der Waals surface area contributed by atoms with Gasteiger partial charge >= 0.3 is 21.1 Å². The fourth-order valence-corrected chi connectivity index (χ4v) is 4.15. The minimum absolute atomic E-state index is 0. The number of hydrogen-bond acceptors (Lipinski definition) is 4. The Labute approximate surface area is 217 Å². The van der Waals surface area contributed by atoms with Crippen LogP contribution in [0, 0.1) is 12.1 Å². The maximum atomic E-state index is 5.97. The van der Waals surface area contributed by atoms with Crippen LogP contribution in [0.5, 0.6) is 17.4 Å². The molecule has 172 valence electrons. The number of nitrogens with zero attached hydrogens (tertiary/aromatic N) is 3. The van der Waals surface area contributed by atoms with Crippen LogP contribution in [0.25, 0.3) is 38.8 Å². The number of benzene rings is 3. The largest absolute Gasteiger partial charge is 2.00 e. The molecule has 0 radical (unpaired) electrons. The molecule has 5 nitrogen and oxygen atoms in total. The molecule has 0 saturated heterocycles. The maximum absolute atomic E-state index is 5.97. The first-order valence-corrected chi connectivity index (χ1v) is 10.9. The van der Waals surface area contributed by atoms with Gasteiger partial charge in [-0.15, -0.1) is 18.2 Å². The monoisotopic (exact) mass is 636 g/mol. The van der Waals surface area contributed by atoms with Crippen LogP contribution in [-0.2, 0) is 21.1 Å². The zero-order valence-electron chi connectivity index (χ0n) is 18.7. The van der Waals surface area contributed by atoms with E-state index >= 15 is 0 Å². The van der Waals surface area contributed by atoms with E-state index in [2.05, 4.69) is 57.0 Å². The number of fused-ring (bicyclic) bond motifs is 3. The molecule has 0 atom stereocenters. The first-order chi connectivity index (χ1) is 16.8. The van der Waals surface area contributed by atoms with E-state index < -0.39 is 0 Å². The number of ether oxygens (including phenoxy) is 2. The second-order valence-electron chi connectivity index (χ2n) is 7.72. The van der Waals surface area contributed by atoms with Crippen molar-refractivity contribution in [2.75, 3.05) is 7.11 Å². The summed E-state index contributed by atoms with van der Waals surface area (Å²) >= 11 is 0. The number of pyridine rings is 2. The summed E-state index contributed by atoms with van der Waals surface area (Å²) in [6.07, 6.45) is 3.47. The molecule has 6 aromatic rings. The minimum atomic E-state index is 0. The molecule has 0 N–H and O–H groups in total. The standard InChI is InChI=1S/C29H19N3O2.Pt/c1-33-27-12-7-17-31-29(27)34-22-9-6-8-20(18-22)21-14-15-24-23-10-2-3-11-25(23)32(26(24)19-21)28-13-4-5-16-30-28;/h2-17H,1H3;/q-2;+2. The van der Waals surface area contributed by atoms with E-state index in [0.29, 0.717) is 17.4 Å². The fraction of sp³-hybridized carbons (Fsp3) is 0.0345. The number of rotatable bonds is 5. The zero-order chi connectivity index (χ0) is 22.9. The smallest absolute Gasteiger partial charge is 0.491 e. The van der Waals surface area contributed by atoms with Gasteiger partial charge in [0.2, 0.25) is 0 Å². The van der Waals surface area contributed by atoms with Crippen LogP contribution in [0.2, 0.25) is 0 Å². The van der Waals surface area contributed by atoms with E-state index in [9.17, 15) is 0 Å². The second-order valence-corrected chi connectivity index (χ2v) is 7.72. The van der Waals surface area contributed by atoms with Crippen LogP contribution in [0.15, 0.2) is 97.3 Å². The normalized spacial score (nSPS) is 10.8. The summed E-state index contributed by atoms with van der Waals surface area (Å²) in [5.41, 5.74) is 3.83. The van der Waals surface area contributed by atoms with Crippen molar-refractivity contribution in [3.8, 4) is 34.3 Å². The summed E-state index contributed by atoms with van der Waals surface area (Å²) < 4.78 is 13.5. The molecule has 3 heterocycles. The van der Waals surface area contributed by atoms with E-state index in [1.165, 1.54) is 0 Å². The van der Waals surface area contributed by atoms with Crippen LogP contribution < -0.4 is 9.47 Å². The Balaban J connectivity index is 0.00000253. The van der Waals surface area contributed by atoms with Crippen molar-refractivity contribution < 1.29 is 30.5 Å². The van der Waals surface area contributed by atoms with E-state index in [1.807, 2.05) is 48.5 Å². The third-order valence-electron chi connectivity index (χ3n) is 5.68. The average Bonchev–Trinajstić information content (AvgIpc) is 3.23. The van der Waals surface area contributed by atoms with Gasteiger partial charge in [-0.3, -0.25) is 0 Å². The number of aromatic nitrogens is 3. The van der Waals surface area contributed by atoms with Crippen molar-refractivity contribution in [3.63, 3.8) is 0 Å². The second kappa shape index (κ2) is 9.73. The Bertz CT molecular complexity index is 1630. The first kappa shape index (κ1) is 22.8. The molecule has 0 aliphatic carbocycles. The Hall–Kier alpha value is -3.95. The van der Waals surface area contributed by atoms with E-state index in [-0.39, 0.29) is 21.1 Å². The molecule has 0 bridgehead atoms. The predicted molar refractivity (Wildman–Crippen MR) is 133 cm³/mol. The van der Waals surface area contributed by atoms with E-state index in [4.69, 9.17) is 9.47 Å². The summed E-state index contributed by atoms with van der Waals surface area (Å²) in [5, 5.41) is 2.28. The maximum Gasteiger partial charge on any atom is 2.00 e. The van der Waals surface area contributed by atoms with Gasteiger partial charge in [-0.25, -0.2) is 21.1 Å². The molecule has 6 rings (SSSR count). The first-order valence-electron chi connectivity index (χ1n) is 10.9. The van der Waals surface area contributed by atoms with Gasteiger partial charge in [0, 0.05) is 23.7 Å². The zero-order valence-corrected chi connectivity index (χ0v) is 21.0. The minimum Gasteiger partial charge on any atom is -0.491 e. The molecule has 0 aliphatic rings. The summed E-state index contributed by atoms with van der Waals surface area (Å²) in [6.45, 7) is 0. The molecule has 0 spiro atoms. The van der Waals surface area contributed by atoms with Gasteiger partial charge in [0.05, 0.1) is 7.11 Å². The van der Waals surface area contributed by atoms with Gasteiger partial charge in [0.1, 0.15) is 5.82 Å². The van der Waals surface area contributed by atoms with Crippen molar-refractivity contribution in [3.05, 3.63) is 109 Å². The van der Waals surface area contributed by atoms with Gasteiger partial charge in [-0.05, 0) is 41.2 Å². The molecule has 3 aromatic carbocycles. The van der Waals surface area contributed by atoms with Gasteiger partial charge in [0.15, 0.2) is 5.75 Å². The summed E-state index contributed by atoms with van der Waals surface area (Å²) in [4.78, 5) is 8.87. The predicted octanol–water partition coefficient (Wildman–Crippen LogP) is 6.64. The molecule has 0 unspecified atom stereocenters. The third-order valence-corrected chi connectivity index (χ3v) is 5.68. The van der Waals surface area contributed by atoms with Gasteiger partial charge in [-0.1, -0.05) is 29.7 Å². The molecule has 6 heteroatoms. The van der Waals surface area contributed by atoms with Crippen LogP contribution >= 0.6 is 0 Å². The van der Waals surface area contributed by atoms with Gasteiger partial charge < -0.3 is 14.0 Å². The van der Waals surface area contributed by atoms with Crippen molar-refractivity contribution in [2.24, 2.45) is 0 Å². The molecule has 0 fully saturated rings. The van der Waals surface area contributed by atoms with Crippen molar-refractivity contribution in [1.29, 1.82) is 0 Å². The topological polar surface area (TPSA) is 49.2 Å². The molecule has 0 amide bonds. The van der Waals surface area contributed by atoms with Crippen molar-refractivity contribution in [2.45, 2.75) is 0 Å². The third kappa shape index (κ3) is 4.20. The quantitative estimate of drug-likeness (QED) is 0.199. The van der Waals surface area contributed by atoms with Crippen molar-refractivity contribution >= 4 is 21.8 Å². The number of para-hydroxylation sites is 1. The Morgan fingerprint density at radius 2 is 1.54 bits per heavy atom. The van der Waals surface area contributed by atoms with Gasteiger partial charge in [-0.2, -0.15) is 24.3 Å². The van der Waals surface area contributed by atoms with E-state index in [1.54, 1.807) is 25.6 Å². The number of methoxy groups -OCH3 is 1. The summed E-state index contributed by atoms with van der Waals surface area (Å²) in [5.74, 6) is 2.36. The molecular weight excluding hydrogens is 617 g/mol. The molecule has 35 heavy (non-hydrogen) atoms. The molecule has 3 aromatic heterocycles. The summed E-state index contributed by atoms with van der Waals surface area (Å²) in [6, 6.07) is 34.8. The SMILES string of the molecule is COc1cccnc1Oc1[c-]c(-c2[c-]c3c(cc2)c2ccccc2n3-c2ccccn2)ccc1.[Pt+2]. The van der Waals surface area contributed by atoms with Crippen molar-refractivity contribution in [1.82, 2.24) is 14.5 Å². The molecular formula is C29H19N3O2Pt. The van der Waals surface area contributed by atoms with Crippen LogP contribution in [-0.4, -0.2) is 21.6 Å². The van der Waals surface area contributed by atoms with Gasteiger partial charge in [0.25, 0.3) is 5.88 Å². The average molecular weight is 637 g/mol. The van der Waals surface area contributed by atoms with Crippen LogP contribution in [0.1, 0.15) is 0 Å². The Morgan fingerprint density at radius 3 is 2.40 bits per heavy atom.